The predicted octanol–water partition coefficient (Wildman–Crippen LogP) is 3.43. The summed E-state index contributed by atoms with van der Waals surface area (Å²) in [5.74, 6) is 0. The third-order valence-corrected chi connectivity index (χ3v) is 2.32. The van der Waals surface area contributed by atoms with Gasteiger partial charge in [-0.1, -0.05) is 20.8 Å². The van der Waals surface area contributed by atoms with Gasteiger partial charge < -0.3 is 10.1 Å². The Labute approximate surface area is 106 Å². The lowest BCUT2D eigenvalue weighted by molar-refractivity contribution is -0.000758. The molecule has 0 aromatic heterocycles. The van der Waals surface area contributed by atoms with Gasteiger partial charge in [-0.2, -0.15) is 0 Å². The maximum Gasteiger partial charge on any atom is 0.0599 e. The molecule has 0 heterocycles. The maximum atomic E-state index is 6.23. The molecule has 0 saturated carbocycles. The van der Waals surface area contributed by atoms with Crippen molar-refractivity contribution >= 4 is 11.6 Å². The summed E-state index contributed by atoms with van der Waals surface area (Å²) in [4.78, 5) is 0. The first kappa shape index (κ1) is 16.2. The molecule has 1 atom stereocenters. The fourth-order valence-electron chi connectivity index (χ4n) is 1.42. The van der Waals surface area contributed by atoms with Crippen molar-refractivity contribution in [1.29, 1.82) is 0 Å². The van der Waals surface area contributed by atoms with Crippen molar-refractivity contribution in [3.8, 4) is 0 Å². The van der Waals surface area contributed by atoms with Gasteiger partial charge in [0.15, 0.2) is 0 Å². The lowest BCUT2D eigenvalue weighted by atomic mass is 9.90. The molecule has 0 aliphatic carbocycles. The zero-order valence-electron chi connectivity index (χ0n) is 11.7. The molecular weight excluding hydrogens is 222 g/mol. The number of alkyl halides is 1. The second-order valence-corrected chi connectivity index (χ2v) is 7.14. The molecule has 3 heteroatoms. The van der Waals surface area contributed by atoms with E-state index in [9.17, 15) is 0 Å². The van der Waals surface area contributed by atoms with Gasteiger partial charge in [0.2, 0.25) is 0 Å². The number of hydrogen-bond donors (Lipinski definition) is 1. The Morgan fingerprint density at radius 2 is 1.69 bits per heavy atom. The zero-order chi connectivity index (χ0) is 12.8. The summed E-state index contributed by atoms with van der Waals surface area (Å²) in [6.45, 7) is 15.3. The Kier molecular flexibility index (Phi) is 6.92. The van der Waals surface area contributed by atoms with Gasteiger partial charge in [-0.15, -0.1) is 11.6 Å². The van der Waals surface area contributed by atoms with E-state index in [4.69, 9.17) is 16.3 Å². The van der Waals surface area contributed by atoms with E-state index in [0.717, 1.165) is 26.1 Å². The van der Waals surface area contributed by atoms with Crippen LogP contribution in [0.2, 0.25) is 0 Å². The average Bonchev–Trinajstić information content (AvgIpc) is 1.97. The van der Waals surface area contributed by atoms with Gasteiger partial charge in [-0.25, -0.2) is 0 Å². The highest BCUT2D eigenvalue weighted by Crippen LogP contribution is 2.23. The maximum absolute atomic E-state index is 6.23. The number of nitrogens with one attached hydrogen (secondary N) is 1. The standard InChI is InChI=1S/C13H28ClNO/c1-12(2,3)9-11(14)10-15-7-8-16-13(4,5)6/h11,15H,7-10H2,1-6H3. The molecule has 0 aliphatic heterocycles. The Morgan fingerprint density at radius 3 is 2.12 bits per heavy atom. The third kappa shape index (κ3) is 12.3. The summed E-state index contributed by atoms with van der Waals surface area (Å²) in [6.07, 6.45) is 1.03. The van der Waals surface area contributed by atoms with Crippen molar-refractivity contribution in [2.75, 3.05) is 19.7 Å². The van der Waals surface area contributed by atoms with Crippen molar-refractivity contribution in [3.63, 3.8) is 0 Å². The van der Waals surface area contributed by atoms with Crippen LogP contribution in [0.1, 0.15) is 48.0 Å². The van der Waals surface area contributed by atoms with Gasteiger partial charge in [0.05, 0.1) is 12.2 Å². The van der Waals surface area contributed by atoms with Gasteiger partial charge in [-0.05, 0) is 32.6 Å². The smallest absolute Gasteiger partial charge is 0.0599 e. The predicted molar refractivity (Wildman–Crippen MR) is 72.3 cm³/mol. The highest BCUT2D eigenvalue weighted by atomic mass is 35.5. The minimum Gasteiger partial charge on any atom is -0.375 e. The first-order valence-corrected chi connectivity index (χ1v) is 6.52. The number of ether oxygens (including phenoxy) is 1. The van der Waals surface area contributed by atoms with Crippen LogP contribution in [0.25, 0.3) is 0 Å². The Hall–Kier alpha value is 0.210. The third-order valence-electron chi connectivity index (χ3n) is 2.01. The second kappa shape index (κ2) is 6.83. The summed E-state index contributed by atoms with van der Waals surface area (Å²) < 4.78 is 5.61. The molecule has 16 heavy (non-hydrogen) atoms. The monoisotopic (exact) mass is 249 g/mol. The SMILES string of the molecule is CC(C)(C)CC(Cl)CNCCOC(C)(C)C. The Balaban J connectivity index is 3.45. The molecule has 1 N–H and O–H groups in total. The summed E-state index contributed by atoms with van der Waals surface area (Å²) in [5, 5.41) is 3.53. The molecule has 2 nitrogen and oxygen atoms in total. The minimum absolute atomic E-state index is 0.0482. The van der Waals surface area contributed by atoms with Gasteiger partial charge in [0, 0.05) is 18.5 Å². The summed E-state index contributed by atoms with van der Waals surface area (Å²) in [6, 6.07) is 0. The van der Waals surface area contributed by atoms with Crippen molar-refractivity contribution in [2.45, 2.75) is 58.9 Å². The molecule has 0 spiro atoms. The molecule has 98 valence electrons. The number of halogens is 1. The van der Waals surface area contributed by atoms with Crippen molar-refractivity contribution in [2.24, 2.45) is 5.41 Å². The Morgan fingerprint density at radius 1 is 1.12 bits per heavy atom. The summed E-state index contributed by atoms with van der Waals surface area (Å²) >= 11 is 6.23. The molecular formula is C13H28ClNO. The van der Waals surface area contributed by atoms with Gasteiger partial charge >= 0.3 is 0 Å². The van der Waals surface area contributed by atoms with E-state index in [-0.39, 0.29) is 11.0 Å². The van der Waals surface area contributed by atoms with E-state index >= 15 is 0 Å². The van der Waals surface area contributed by atoms with Crippen molar-refractivity contribution in [1.82, 2.24) is 5.32 Å². The van der Waals surface area contributed by atoms with E-state index < -0.39 is 0 Å². The van der Waals surface area contributed by atoms with Crippen LogP contribution in [0.3, 0.4) is 0 Å². The molecule has 0 amide bonds. The van der Waals surface area contributed by atoms with Crippen molar-refractivity contribution in [3.05, 3.63) is 0 Å². The van der Waals surface area contributed by atoms with Crippen LogP contribution in [0, 0.1) is 5.41 Å². The average molecular weight is 250 g/mol. The lowest BCUT2D eigenvalue weighted by Gasteiger charge is -2.23. The molecule has 0 aromatic carbocycles. The molecule has 0 saturated heterocycles. The lowest BCUT2D eigenvalue weighted by Crippen LogP contribution is -2.31. The fourth-order valence-corrected chi connectivity index (χ4v) is 2.00. The highest BCUT2D eigenvalue weighted by molar-refractivity contribution is 6.20. The first-order valence-electron chi connectivity index (χ1n) is 6.09. The van der Waals surface area contributed by atoms with Crippen LogP contribution in [0.15, 0.2) is 0 Å². The van der Waals surface area contributed by atoms with Crippen LogP contribution in [-0.2, 0) is 4.74 Å². The van der Waals surface area contributed by atoms with E-state index in [1.54, 1.807) is 0 Å². The van der Waals surface area contributed by atoms with Crippen LogP contribution in [0.5, 0.6) is 0 Å². The van der Waals surface area contributed by atoms with E-state index in [2.05, 4.69) is 46.9 Å². The van der Waals surface area contributed by atoms with Crippen LogP contribution >= 0.6 is 11.6 Å². The fraction of sp³-hybridized carbons (Fsp3) is 1.00. The summed E-state index contributed by atoms with van der Waals surface area (Å²) in [7, 11) is 0. The molecule has 0 rings (SSSR count). The molecule has 0 aromatic rings. The minimum atomic E-state index is -0.0482. The normalized spacial score (nSPS) is 15.2. The second-order valence-electron chi connectivity index (χ2n) is 6.53. The molecule has 0 aliphatic rings. The zero-order valence-corrected chi connectivity index (χ0v) is 12.4. The van der Waals surface area contributed by atoms with Crippen LogP contribution < -0.4 is 5.32 Å². The van der Waals surface area contributed by atoms with E-state index in [1.807, 2.05) is 0 Å². The number of rotatable bonds is 6. The first-order chi connectivity index (χ1) is 7.10. The molecule has 0 bridgehead atoms. The highest BCUT2D eigenvalue weighted by Gasteiger charge is 2.16. The van der Waals surface area contributed by atoms with E-state index in [0.29, 0.717) is 5.41 Å². The molecule has 0 radical (unpaired) electrons. The van der Waals surface area contributed by atoms with Crippen LogP contribution in [0.4, 0.5) is 0 Å². The number of hydrogen-bond acceptors (Lipinski definition) is 2. The Bertz CT molecular complexity index is 181. The van der Waals surface area contributed by atoms with Gasteiger partial charge in [0.25, 0.3) is 0 Å². The van der Waals surface area contributed by atoms with Crippen LogP contribution in [-0.4, -0.2) is 30.7 Å². The quantitative estimate of drug-likeness (QED) is 0.575. The van der Waals surface area contributed by atoms with Crippen molar-refractivity contribution < 1.29 is 4.74 Å². The topological polar surface area (TPSA) is 21.3 Å². The molecule has 1 unspecified atom stereocenters. The molecule has 0 fully saturated rings. The van der Waals surface area contributed by atoms with E-state index in [1.165, 1.54) is 0 Å². The van der Waals surface area contributed by atoms with Gasteiger partial charge in [-0.3, -0.25) is 0 Å². The van der Waals surface area contributed by atoms with Gasteiger partial charge in [0.1, 0.15) is 0 Å². The largest absolute Gasteiger partial charge is 0.375 e. The summed E-state index contributed by atoms with van der Waals surface area (Å²) in [5.41, 5.74) is 0.253.